The molecule has 0 bridgehead atoms. The van der Waals surface area contributed by atoms with Crippen LogP contribution in [0, 0.1) is 0 Å². The molecule has 31 heavy (non-hydrogen) atoms. The van der Waals surface area contributed by atoms with Gasteiger partial charge >= 0.3 is 5.97 Å². The molecule has 0 radical (unpaired) electrons. The topological polar surface area (TPSA) is 60.7 Å². The Bertz CT molecular complexity index is 1120. The third-order valence-corrected chi connectivity index (χ3v) is 11.4. The summed E-state index contributed by atoms with van der Waals surface area (Å²) in [5.41, 5.74) is 3.96. The van der Waals surface area contributed by atoms with E-state index in [9.17, 15) is 4.79 Å². The van der Waals surface area contributed by atoms with Crippen LogP contribution in [0.1, 0.15) is 56.0 Å². The van der Waals surface area contributed by atoms with Gasteiger partial charge in [0.05, 0.1) is 19.3 Å². The smallest absolute Gasteiger partial charge is 0.340 e. The number of anilines is 1. The molecule has 1 N–H and O–H groups in total. The monoisotopic (exact) mass is 439 g/mol. The van der Waals surface area contributed by atoms with E-state index in [0.29, 0.717) is 23.8 Å². The summed E-state index contributed by atoms with van der Waals surface area (Å²) < 4.78 is 17.5. The molecule has 6 heteroatoms. The number of benzene rings is 2. The first-order chi connectivity index (χ1) is 14.6. The Hall–Kier alpha value is -2.31. The van der Waals surface area contributed by atoms with Crippen molar-refractivity contribution >= 4 is 41.9 Å². The number of rotatable bonds is 6. The van der Waals surface area contributed by atoms with Gasteiger partial charge in [0.15, 0.2) is 8.32 Å². The quantitative estimate of drug-likeness (QED) is 0.336. The zero-order valence-corrected chi connectivity index (χ0v) is 20.4. The summed E-state index contributed by atoms with van der Waals surface area (Å²) >= 11 is 0. The Morgan fingerprint density at radius 2 is 1.84 bits per heavy atom. The van der Waals surface area contributed by atoms with E-state index in [1.54, 1.807) is 6.07 Å². The van der Waals surface area contributed by atoms with Gasteiger partial charge in [-0.2, -0.15) is 0 Å². The molecule has 0 unspecified atom stereocenters. The van der Waals surface area contributed by atoms with Crippen LogP contribution in [0.25, 0.3) is 21.9 Å². The molecule has 2 aromatic carbocycles. The van der Waals surface area contributed by atoms with E-state index in [4.69, 9.17) is 13.6 Å². The normalized spacial score (nSPS) is 15.3. The molecular formula is C25H33NO4Si. The average molecular weight is 440 g/mol. The maximum absolute atomic E-state index is 12.4. The van der Waals surface area contributed by atoms with Crippen molar-refractivity contribution in [3.63, 3.8) is 0 Å². The van der Waals surface area contributed by atoms with Crippen LogP contribution < -0.4 is 5.32 Å². The molecule has 166 valence electrons. The molecule has 1 fully saturated rings. The second kappa shape index (κ2) is 7.99. The lowest BCUT2D eigenvalue weighted by molar-refractivity contribution is 0.0601. The zero-order chi connectivity index (χ0) is 22.4. The van der Waals surface area contributed by atoms with Crippen molar-refractivity contribution in [2.75, 3.05) is 12.4 Å². The van der Waals surface area contributed by atoms with E-state index in [0.717, 1.165) is 40.4 Å². The number of methoxy groups -OCH3 is 1. The predicted molar refractivity (Wildman–Crippen MR) is 128 cm³/mol. The molecule has 1 aromatic heterocycles. The van der Waals surface area contributed by atoms with Crippen molar-refractivity contribution in [1.29, 1.82) is 0 Å². The Kier molecular flexibility index (Phi) is 5.64. The minimum absolute atomic E-state index is 0.172. The molecule has 0 saturated heterocycles. The second-order valence-electron chi connectivity index (χ2n) is 10.1. The van der Waals surface area contributed by atoms with E-state index in [1.807, 2.05) is 12.1 Å². The third kappa shape index (κ3) is 4.23. The van der Waals surface area contributed by atoms with E-state index in [2.05, 4.69) is 51.3 Å². The van der Waals surface area contributed by atoms with Crippen molar-refractivity contribution in [3.8, 4) is 0 Å². The van der Waals surface area contributed by atoms with Gasteiger partial charge in [-0.05, 0) is 67.2 Å². The third-order valence-electron chi connectivity index (χ3n) is 6.95. The molecule has 3 aromatic rings. The first-order valence-electron chi connectivity index (χ1n) is 11.1. The molecule has 4 rings (SSSR count). The van der Waals surface area contributed by atoms with Crippen molar-refractivity contribution in [2.45, 2.75) is 70.8 Å². The molecule has 1 aliphatic carbocycles. The molecule has 0 aliphatic heterocycles. The van der Waals surface area contributed by atoms with Crippen LogP contribution in [0.15, 0.2) is 34.7 Å². The maximum atomic E-state index is 12.4. The highest BCUT2D eigenvalue weighted by atomic mass is 28.4. The minimum Gasteiger partial charge on any atom is -0.465 e. The highest BCUT2D eigenvalue weighted by Crippen LogP contribution is 2.38. The fraction of sp³-hybridized carbons (Fsp3) is 0.480. The van der Waals surface area contributed by atoms with Crippen LogP contribution in [0.2, 0.25) is 18.1 Å². The molecule has 0 spiro atoms. The highest BCUT2D eigenvalue weighted by molar-refractivity contribution is 6.74. The van der Waals surface area contributed by atoms with Crippen LogP contribution in [-0.2, 0) is 15.8 Å². The fourth-order valence-corrected chi connectivity index (χ4v) is 4.57. The fourth-order valence-electron chi connectivity index (χ4n) is 3.61. The van der Waals surface area contributed by atoms with E-state index >= 15 is 0 Å². The van der Waals surface area contributed by atoms with E-state index in [1.165, 1.54) is 13.5 Å². The number of fused-ring (bicyclic) bond motifs is 3. The van der Waals surface area contributed by atoms with E-state index in [-0.39, 0.29) is 11.0 Å². The van der Waals surface area contributed by atoms with Crippen LogP contribution in [0.4, 0.5) is 5.69 Å². The zero-order valence-electron chi connectivity index (χ0n) is 19.4. The molecule has 5 nitrogen and oxygen atoms in total. The second-order valence-corrected chi connectivity index (χ2v) is 14.9. The van der Waals surface area contributed by atoms with Crippen LogP contribution in [0.5, 0.6) is 0 Å². The largest absolute Gasteiger partial charge is 0.465 e. The Balaban J connectivity index is 1.71. The number of nitrogens with one attached hydrogen (secondary N) is 1. The van der Waals surface area contributed by atoms with Gasteiger partial charge in [-0.3, -0.25) is 0 Å². The Morgan fingerprint density at radius 3 is 2.45 bits per heavy atom. The van der Waals surface area contributed by atoms with Crippen molar-refractivity contribution in [3.05, 3.63) is 41.5 Å². The van der Waals surface area contributed by atoms with Crippen LogP contribution in [0.3, 0.4) is 0 Å². The van der Waals surface area contributed by atoms with Crippen LogP contribution >= 0.6 is 0 Å². The van der Waals surface area contributed by atoms with Crippen LogP contribution in [-0.4, -0.2) is 27.4 Å². The first kappa shape index (κ1) is 21.9. The molecular weight excluding hydrogens is 406 g/mol. The summed E-state index contributed by atoms with van der Waals surface area (Å²) in [6.45, 7) is 11.9. The summed E-state index contributed by atoms with van der Waals surface area (Å²) in [6.07, 6.45) is 3.47. The summed E-state index contributed by atoms with van der Waals surface area (Å²) in [5.74, 6) is -0.354. The number of carbonyl (C=O) groups excluding carboxylic acids is 1. The van der Waals surface area contributed by atoms with Gasteiger partial charge in [0.1, 0.15) is 11.2 Å². The SMILES string of the molecule is COC(=O)c1cc2oc3ccc(CO[Si](C)(C)C(C)(C)C)cc3c2cc1NC1CCC1. The summed E-state index contributed by atoms with van der Waals surface area (Å²) in [5, 5.41) is 5.74. The molecule has 0 amide bonds. The average Bonchev–Trinajstić information content (AvgIpc) is 3.04. The summed E-state index contributed by atoms with van der Waals surface area (Å²) in [7, 11) is -0.417. The summed E-state index contributed by atoms with van der Waals surface area (Å²) in [4.78, 5) is 12.4. The lowest BCUT2D eigenvalue weighted by Crippen LogP contribution is -2.40. The molecule has 1 heterocycles. The van der Waals surface area contributed by atoms with Gasteiger partial charge in [-0.1, -0.05) is 26.8 Å². The van der Waals surface area contributed by atoms with Gasteiger partial charge in [0, 0.05) is 22.5 Å². The number of ether oxygens (including phenoxy) is 1. The highest BCUT2D eigenvalue weighted by Gasteiger charge is 2.37. The van der Waals surface area contributed by atoms with Gasteiger partial charge < -0.3 is 18.9 Å². The first-order valence-corrected chi connectivity index (χ1v) is 14.0. The van der Waals surface area contributed by atoms with Crippen molar-refractivity contribution in [2.24, 2.45) is 0 Å². The van der Waals surface area contributed by atoms with Gasteiger partial charge in [-0.25, -0.2) is 4.79 Å². The minimum atomic E-state index is -1.83. The number of esters is 1. The number of carbonyl (C=O) groups is 1. The lowest BCUT2D eigenvalue weighted by Gasteiger charge is -2.36. The van der Waals surface area contributed by atoms with E-state index < -0.39 is 8.32 Å². The van der Waals surface area contributed by atoms with Gasteiger partial charge in [-0.15, -0.1) is 0 Å². The standard InChI is InChI=1S/C25H33NO4Si/c1-25(2,3)31(5,6)29-15-16-10-11-22-18(12-16)19-13-21(26-17-8-7-9-17)20(24(27)28-4)14-23(19)30-22/h10-14,17,26H,7-9,15H2,1-6H3. The lowest BCUT2D eigenvalue weighted by atomic mass is 9.92. The molecule has 0 atom stereocenters. The van der Waals surface area contributed by atoms with Gasteiger partial charge in [0.2, 0.25) is 0 Å². The number of hydrogen-bond acceptors (Lipinski definition) is 5. The number of furan rings is 1. The molecule has 1 saturated carbocycles. The van der Waals surface area contributed by atoms with Gasteiger partial charge in [0.25, 0.3) is 0 Å². The predicted octanol–water partition coefficient (Wildman–Crippen LogP) is 6.86. The summed E-state index contributed by atoms with van der Waals surface area (Å²) in [6, 6.07) is 10.5. The Morgan fingerprint density at radius 1 is 1.13 bits per heavy atom. The maximum Gasteiger partial charge on any atom is 0.340 e. The number of hydrogen-bond donors (Lipinski definition) is 1. The Labute approximate surface area is 185 Å². The van der Waals surface area contributed by atoms with Crippen molar-refractivity contribution in [1.82, 2.24) is 0 Å². The van der Waals surface area contributed by atoms with Crippen molar-refractivity contribution < 1.29 is 18.4 Å². The molecule has 1 aliphatic rings.